The molecule has 4 nitrogen and oxygen atoms in total. The lowest BCUT2D eigenvalue weighted by Gasteiger charge is -2.18. The Bertz CT molecular complexity index is 513. The molecule has 1 aliphatic rings. The summed E-state index contributed by atoms with van der Waals surface area (Å²) in [5.41, 5.74) is 2.56. The predicted molar refractivity (Wildman–Crippen MR) is 115 cm³/mol. The van der Waals surface area contributed by atoms with Crippen molar-refractivity contribution in [2.45, 2.75) is 33.2 Å². The minimum absolute atomic E-state index is 0. The van der Waals surface area contributed by atoms with Crippen LogP contribution in [0.3, 0.4) is 0 Å². The largest absolute Gasteiger partial charge is 0.364 e. The van der Waals surface area contributed by atoms with Crippen LogP contribution in [0.25, 0.3) is 0 Å². The number of nitrogens with zero attached hydrogens (tertiary/aromatic N) is 2. The highest BCUT2D eigenvalue weighted by atomic mass is 127. The fourth-order valence-electron chi connectivity index (χ4n) is 2.74. The van der Waals surface area contributed by atoms with Crippen LogP contribution >= 0.6 is 24.0 Å². The van der Waals surface area contributed by atoms with Gasteiger partial charge in [0.05, 0.1) is 0 Å². The first-order valence-corrected chi connectivity index (χ1v) is 8.70. The van der Waals surface area contributed by atoms with Gasteiger partial charge in [0, 0.05) is 38.9 Å². The van der Waals surface area contributed by atoms with Crippen LogP contribution in [0, 0.1) is 5.92 Å². The summed E-state index contributed by atoms with van der Waals surface area (Å²) in [6, 6.07) is 8.78. The highest BCUT2D eigenvalue weighted by molar-refractivity contribution is 14.0. The molecule has 0 aliphatic carbocycles. The molecule has 1 heterocycles. The molecule has 0 amide bonds. The smallest absolute Gasteiger partial charge is 0.191 e. The van der Waals surface area contributed by atoms with E-state index in [1.165, 1.54) is 24.1 Å². The molecule has 0 saturated carbocycles. The van der Waals surface area contributed by atoms with Crippen molar-refractivity contribution in [1.29, 1.82) is 0 Å². The zero-order chi connectivity index (χ0) is 16.5. The van der Waals surface area contributed by atoms with Gasteiger partial charge in [0.25, 0.3) is 0 Å². The monoisotopic (exact) mass is 442 g/mol. The lowest BCUT2D eigenvalue weighted by Crippen LogP contribution is -2.39. The number of guanidine groups is 1. The van der Waals surface area contributed by atoms with Crippen LogP contribution in [0.4, 0.5) is 5.69 Å². The summed E-state index contributed by atoms with van der Waals surface area (Å²) in [5, 5.41) is 6.81. The van der Waals surface area contributed by atoms with Crippen molar-refractivity contribution in [2.75, 3.05) is 31.6 Å². The van der Waals surface area contributed by atoms with E-state index >= 15 is 0 Å². The van der Waals surface area contributed by atoms with Crippen molar-refractivity contribution in [2.24, 2.45) is 10.9 Å². The number of aliphatic imine (C=N–C) groups is 1. The van der Waals surface area contributed by atoms with E-state index in [1.54, 1.807) is 0 Å². The van der Waals surface area contributed by atoms with Crippen molar-refractivity contribution < 1.29 is 0 Å². The molecule has 0 radical (unpaired) electrons. The molecule has 134 valence electrons. The molecule has 0 aromatic heterocycles. The molecule has 2 rings (SSSR count). The van der Waals surface area contributed by atoms with Crippen LogP contribution in [0.2, 0.25) is 0 Å². The van der Waals surface area contributed by atoms with Gasteiger partial charge in [0.2, 0.25) is 0 Å². The summed E-state index contributed by atoms with van der Waals surface area (Å²) in [6.07, 6.45) is 6.83. The maximum Gasteiger partial charge on any atom is 0.191 e. The van der Waals surface area contributed by atoms with Crippen LogP contribution in [-0.2, 0) is 6.54 Å². The van der Waals surface area contributed by atoms with Gasteiger partial charge in [0.15, 0.2) is 5.96 Å². The first-order valence-electron chi connectivity index (χ1n) is 8.70. The van der Waals surface area contributed by atoms with Crippen molar-refractivity contribution in [3.05, 3.63) is 42.0 Å². The van der Waals surface area contributed by atoms with Gasteiger partial charge in [-0.1, -0.05) is 51.0 Å². The van der Waals surface area contributed by atoms with E-state index in [1.807, 2.05) is 7.05 Å². The molecule has 0 unspecified atom stereocenters. The summed E-state index contributed by atoms with van der Waals surface area (Å²) >= 11 is 0. The maximum atomic E-state index is 4.30. The predicted octanol–water partition coefficient (Wildman–Crippen LogP) is 3.78. The number of rotatable bonds is 7. The summed E-state index contributed by atoms with van der Waals surface area (Å²) in [6.45, 7) is 8.29. The molecule has 0 bridgehead atoms. The van der Waals surface area contributed by atoms with E-state index in [2.05, 4.69) is 70.8 Å². The topological polar surface area (TPSA) is 39.7 Å². The summed E-state index contributed by atoms with van der Waals surface area (Å²) < 4.78 is 0. The highest BCUT2D eigenvalue weighted by Gasteiger charge is 2.08. The fourth-order valence-corrected chi connectivity index (χ4v) is 2.74. The van der Waals surface area contributed by atoms with Crippen molar-refractivity contribution in [3.8, 4) is 0 Å². The Hall–Kier alpha value is -1.24. The van der Waals surface area contributed by atoms with Gasteiger partial charge in [-0.3, -0.25) is 4.99 Å². The Morgan fingerprint density at radius 3 is 2.25 bits per heavy atom. The van der Waals surface area contributed by atoms with Gasteiger partial charge in [-0.25, -0.2) is 0 Å². The van der Waals surface area contributed by atoms with Crippen LogP contribution in [-0.4, -0.2) is 32.6 Å². The molecular formula is C19H31IN4. The molecule has 1 aliphatic heterocycles. The first-order chi connectivity index (χ1) is 11.3. The van der Waals surface area contributed by atoms with Crippen LogP contribution in [0.5, 0.6) is 0 Å². The second-order valence-corrected chi connectivity index (χ2v) is 6.03. The summed E-state index contributed by atoms with van der Waals surface area (Å²) in [7, 11) is 1.83. The number of anilines is 1. The number of benzene rings is 1. The van der Waals surface area contributed by atoms with Gasteiger partial charge >= 0.3 is 0 Å². The van der Waals surface area contributed by atoms with E-state index < -0.39 is 0 Å². The van der Waals surface area contributed by atoms with Crippen LogP contribution in [0.1, 0.15) is 32.3 Å². The minimum Gasteiger partial charge on any atom is -0.364 e. The number of nitrogens with one attached hydrogen (secondary N) is 2. The molecule has 0 atom stereocenters. The molecule has 1 aromatic rings. The molecular weight excluding hydrogens is 411 g/mol. The third-order valence-electron chi connectivity index (χ3n) is 4.52. The number of hydrogen-bond acceptors (Lipinski definition) is 2. The van der Waals surface area contributed by atoms with Gasteiger partial charge in [-0.05, 0) is 23.6 Å². The average molecular weight is 442 g/mol. The molecule has 5 heteroatoms. The zero-order valence-corrected chi connectivity index (χ0v) is 17.4. The lowest BCUT2D eigenvalue weighted by atomic mass is 10.0. The van der Waals surface area contributed by atoms with Gasteiger partial charge in [-0.15, -0.1) is 24.0 Å². The van der Waals surface area contributed by atoms with Gasteiger partial charge in [-0.2, -0.15) is 0 Å². The third kappa shape index (κ3) is 6.34. The van der Waals surface area contributed by atoms with Gasteiger partial charge in [0.1, 0.15) is 0 Å². The van der Waals surface area contributed by atoms with Crippen LogP contribution < -0.4 is 15.5 Å². The van der Waals surface area contributed by atoms with E-state index in [9.17, 15) is 0 Å². The quantitative estimate of drug-likeness (QED) is 0.292. The summed E-state index contributed by atoms with van der Waals surface area (Å²) in [5.74, 6) is 1.59. The molecule has 24 heavy (non-hydrogen) atoms. The second-order valence-electron chi connectivity index (χ2n) is 6.03. The Morgan fingerprint density at radius 1 is 1.08 bits per heavy atom. The molecule has 0 spiro atoms. The van der Waals surface area contributed by atoms with E-state index in [4.69, 9.17) is 0 Å². The Morgan fingerprint density at radius 2 is 1.71 bits per heavy atom. The SMILES string of the molecule is CCC(CC)CNC(=NC)NCc1ccc(N2CC=CC2)cc1.I. The average Bonchev–Trinajstić information content (AvgIpc) is 3.13. The van der Waals surface area contributed by atoms with E-state index in [-0.39, 0.29) is 24.0 Å². The molecule has 1 aromatic carbocycles. The normalized spacial score (nSPS) is 14.0. The molecule has 0 fully saturated rings. The fraction of sp³-hybridized carbons (Fsp3) is 0.526. The van der Waals surface area contributed by atoms with Crippen molar-refractivity contribution in [3.63, 3.8) is 0 Å². The van der Waals surface area contributed by atoms with Crippen molar-refractivity contribution in [1.82, 2.24) is 10.6 Å². The Labute approximate surface area is 163 Å². The number of halogens is 1. The highest BCUT2D eigenvalue weighted by Crippen LogP contribution is 2.17. The molecule has 2 N–H and O–H groups in total. The summed E-state index contributed by atoms with van der Waals surface area (Å²) in [4.78, 5) is 6.66. The van der Waals surface area contributed by atoms with E-state index in [0.29, 0.717) is 5.92 Å². The lowest BCUT2D eigenvalue weighted by molar-refractivity contribution is 0.481. The van der Waals surface area contributed by atoms with Gasteiger partial charge < -0.3 is 15.5 Å². The third-order valence-corrected chi connectivity index (χ3v) is 4.52. The first kappa shape index (κ1) is 20.8. The minimum atomic E-state index is 0. The molecule has 0 saturated heterocycles. The standard InChI is InChI=1S/C19H30N4.HI/c1-4-16(5-2)14-21-19(20-3)22-15-17-8-10-18(11-9-17)23-12-6-7-13-23;/h6-11,16H,4-5,12-15H2,1-3H3,(H2,20,21,22);1H. The number of hydrogen-bond donors (Lipinski definition) is 2. The second kappa shape index (κ2) is 11.3. The Kier molecular flexibility index (Phi) is 9.83. The maximum absolute atomic E-state index is 4.30. The van der Waals surface area contributed by atoms with Crippen LogP contribution in [0.15, 0.2) is 41.4 Å². The zero-order valence-electron chi connectivity index (χ0n) is 15.1. The van der Waals surface area contributed by atoms with E-state index in [0.717, 1.165) is 32.1 Å². The van der Waals surface area contributed by atoms with Crippen molar-refractivity contribution >= 4 is 35.6 Å². The Balaban J connectivity index is 0.00000288.